The fourth-order valence-electron chi connectivity index (χ4n) is 1.73. The van der Waals surface area contributed by atoms with Crippen molar-refractivity contribution in [1.29, 1.82) is 5.26 Å². The van der Waals surface area contributed by atoms with Gasteiger partial charge in [-0.2, -0.15) is 5.26 Å². The molecule has 0 aromatic carbocycles. The van der Waals surface area contributed by atoms with E-state index in [2.05, 4.69) is 16.3 Å². The zero-order valence-electron chi connectivity index (χ0n) is 6.66. The van der Waals surface area contributed by atoms with Crippen molar-refractivity contribution in [2.45, 2.75) is 31.1 Å². The third-order valence-corrected chi connectivity index (χ3v) is 3.34. The van der Waals surface area contributed by atoms with Gasteiger partial charge in [0.25, 0.3) is 0 Å². The van der Waals surface area contributed by atoms with Crippen LogP contribution < -0.4 is 0 Å². The minimum absolute atomic E-state index is 0.291. The average molecular weight is 179 g/mol. The van der Waals surface area contributed by atoms with Crippen LogP contribution in [0.3, 0.4) is 0 Å². The van der Waals surface area contributed by atoms with E-state index in [4.69, 9.17) is 5.26 Å². The normalized spacial score (nSPS) is 20.6. The molecule has 0 aliphatic heterocycles. The van der Waals surface area contributed by atoms with Crippen LogP contribution in [0.25, 0.3) is 0 Å². The van der Waals surface area contributed by atoms with Crippen molar-refractivity contribution in [1.82, 2.24) is 10.2 Å². The van der Waals surface area contributed by atoms with Crippen LogP contribution in [0.5, 0.6) is 0 Å². The highest BCUT2D eigenvalue weighted by atomic mass is 32.1. The van der Waals surface area contributed by atoms with Crippen LogP contribution in [0.15, 0.2) is 5.51 Å². The van der Waals surface area contributed by atoms with Gasteiger partial charge in [-0.15, -0.1) is 21.5 Å². The topological polar surface area (TPSA) is 49.6 Å². The number of aromatic nitrogens is 2. The Morgan fingerprint density at radius 3 is 2.75 bits per heavy atom. The zero-order valence-corrected chi connectivity index (χ0v) is 7.47. The third-order valence-electron chi connectivity index (χ3n) is 2.44. The molecule has 0 bridgehead atoms. The minimum atomic E-state index is -0.291. The summed E-state index contributed by atoms with van der Waals surface area (Å²) in [5.74, 6) is 0. The van der Waals surface area contributed by atoms with Crippen molar-refractivity contribution in [3.05, 3.63) is 10.5 Å². The molecule has 2 rings (SSSR count). The van der Waals surface area contributed by atoms with Crippen molar-refractivity contribution in [3.8, 4) is 6.07 Å². The van der Waals surface area contributed by atoms with E-state index >= 15 is 0 Å². The number of hydrogen-bond donors (Lipinski definition) is 0. The molecule has 1 aliphatic carbocycles. The van der Waals surface area contributed by atoms with Crippen molar-refractivity contribution in [3.63, 3.8) is 0 Å². The van der Waals surface area contributed by atoms with E-state index in [1.165, 1.54) is 11.3 Å². The van der Waals surface area contributed by atoms with Gasteiger partial charge in [-0.1, -0.05) is 12.8 Å². The van der Waals surface area contributed by atoms with Crippen LogP contribution in [-0.4, -0.2) is 10.2 Å². The number of nitriles is 1. The number of nitrogens with zero attached hydrogens (tertiary/aromatic N) is 3. The fraction of sp³-hybridized carbons (Fsp3) is 0.625. The molecule has 1 saturated carbocycles. The van der Waals surface area contributed by atoms with Crippen LogP contribution >= 0.6 is 11.3 Å². The predicted octanol–water partition coefficient (Wildman–Crippen LogP) is 1.87. The molecule has 0 saturated heterocycles. The molecule has 1 aromatic rings. The first-order valence-corrected chi connectivity index (χ1v) is 4.93. The summed E-state index contributed by atoms with van der Waals surface area (Å²) >= 11 is 1.50. The molecule has 1 fully saturated rings. The molecular weight excluding hydrogens is 170 g/mol. The number of hydrogen-bond acceptors (Lipinski definition) is 4. The maximum Gasteiger partial charge on any atom is 0.137 e. The average Bonchev–Trinajstić information content (AvgIpc) is 2.76. The summed E-state index contributed by atoms with van der Waals surface area (Å²) in [7, 11) is 0. The SMILES string of the molecule is N#CC1(c2nncs2)CCCC1. The second-order valence-electron chi connectivity index (χ2n) is 3.14. The van der Waals surface area contributed by atoms with Crippen molar-refractivity contribution in [2.75, 3.05) is 0 Å². The van der Waals surface area contributed by atoms with E-state index in [1.807, 2.05) is 0 Å². The van der Waals surface area contributed by atoms with Crippen LogP contribution in [-0.2, 0) is 5.41 Å². The predicted molar refractivity (Wildman–Crippen MR) is 45.7 cm³/mol. The van der Waals surface area contributed by atoms with Gasteiger partial charge in [-0.25, -0.2) is 0 Å². The van der Waals surface area contributed by atoms with Gasteiger partial charge in [-0.05, 0) is 12.8 Å². The van der Waals surface area contributed by atoms with Gasteiger partial charge >= 0.3 is 0 Å². The molecule has 0 spiro atoms. The second kappa shape index (κ2) is 2.83. The van der Waals surface area contributed by atoms with Gasteiger partial charge in [0, 0.05) is 0 Å². The second-order valence-corrected chi connectivity index (χ2v) is 3.98. The van der Waals surface area contributed by atoms with Crippen molar-refractivity contribution in [2.24, 2.45) is 0 Å². The maximum atomic E-state index is 9.08. The molecule has 1 aromatic heterocycles. The van der Waals surface area contributed by atoms with Crippen LogP contribution in [0.4, 0.5) is 0 Å². The van der Waals surface area contributed by atoms with Gasteiger partial charge < -0.3 is 0 Å². The van der Waals surface area contributed by atoms with Crippen LogP contribution in [0, 0.1) is 11.3 Å². The quantitative estimate of drug-likeness (QED) is 0.661. The summed E-state index contributed by atoms with van der Waals surface area (Å²) in [5, 5.41) is 17.7. The maximum absolute atomic E-state index is 9.08. The summed E-state index contributed by atoms with van der Waals surface area (Å²) in [6.45, 7) is 0. The molecule has 3 nitrogen and oxygen atoms in total. The fourth-order valence-corrected chi connectivity index (χ4v) is 2.50. The summed E-state index contributed by atoms with van der Waals surface area (Å²) in [4.78, 5) is 0. The Balaban J connectivity index is 2.36. The lowest BCUT2D eigenvalue weighted by atomic mass is 9.89. The van der Waals surface area contributed by atoms with Gasteiger partial charge in [-0.3, -0.25) is 0 Å². The lowest BCUT2D eigenvalue weighted by Crippen LogP contribution is -2.18. The molecular formula is C8H9N3S. The largest absolute Gasteiger partial charge is 0.197 e. The highest BCUT2D eigenvalue weighted by Crippen LogP contribution is 2.40. The molecule has 12 heavy (non-hydrogen) atoms. The Bertz CT molecular complexity index is 293. The first-order valence-electron chi connectivity index (χ1n) is 4.05. The summed E-state index contributed by atoms with van der Waals surface area (Å²) < 4.78 is 0. The van der Waals surface area contributed by atoms with Gasteiger partial charge in [0.15, 0.2) is 0 Å². The van der Waals surface area contributed by atoms with Gasteiger partial charge in [0.05, 0.1) is 6.07 Å². The van der Waals surface area contributed by atoms with Crippen molar-refractivity contribution < 1.29 is 0 Å². The van der Waals surface area contributed by atoms with E-state index in [0.717, 1.165) is 30.7 Å². The lowest BCUT2D eigenvalue weighted by molar-refractivity contribution is 0.562. The first-order chi connectivity index (χ1) is 5.87. The van der Waals surface area contributed by atoms with Crippen LogP contribution in [0.2, 0.25) is 0 Å². The van der Waals surface area contributed by atoms with Crippen molar-refractivity contribution >= 4 is 11.3 Å². The lowest BCUT2D eigenvalue weighted by Gasteiger charge is -2.14. The molecule has 0 radical (unpaired) electrons. The Hall–Kier alpha value is -0.950. The number of rotatable bonds is 1. The smallest absolute Gasteiger partial charge is 0.137 e. The van der Waals surface area contributed by atoms with E-state index in [1.54, 1.807) is 5.51 Å². The Labute approximate surface area is 75.1 Å². The Morgan fingerprint density at radius 2 is 2.25 bits per heavy atom. The highest BCUT2D eigenvalue weighted by molar-refractivity contribution is 7.09. The molecule has 0 amide bonds. The van der Waals surface area contributed by atoms with Crippen LogP contribution in [0.1, 0.15) is 30.7 Å². The first kappa shape index (κ1) is 7.69. The van der Waals surface area contributed by atoms with Gasteiger partial charge in [0.1, 0.15) is 15.9 Å². The Kier molecular flexibility index (Phi) is 1.81. The molecule has 1 heterocycles. The van der Waals surface area contributed by atoms with E-state index in [9.17, 15) is 0 Å². The molecule has 4 heteroatoms. The van der Waals surface area contributed by atoms with Gasteiger partial charge in [0.2, 0.25) is 0 Å². The minimum Gasteiger partial charge on any atom is -0.197 e. The molecule has 62 valence electrons. The Morgan fingerprint density at radius 1 is 1.50 bits per heavy atom. The zero-order chi connectivity index (χ0) is 8.44. The monoisotopic (exact) mass is 179 g/mol. The highest BCUT2D eigenvalue weighted by Gasteiger charge is 2.38. The van der Waals surface area contributed by atoms with E-state index in [-0.39, 0.29) is 5.41 Å². The summed E-state index contributed by atoms with van der Waals surface area (Å²) in [6, 6.07) is 2.39. The molecule has 0 unspecified atom stereocenters. The molecule has 0 atom stereocenters. The summed E-state index contributed by atoms with van der Waals surface area (Å²) in [6.07, 6.45) is 4.21. The standard InChI is InChI=1S/C8H9N3S/c9-5-8(3-1-2-4-8)7-11-10-6-12-7/h6H,1-4H2. The van der Waals surface area contributed by atoms with E-state index < -0.39 is 0 Å². The molecule has 1 aliphatic rings. The van der Waals surface area contributed by atoms with E-state index in [0.29, 0.717) is 0 Å². The third kappa shape index (κ3) is 1.01. The summed E-state index contributed by atoms with van der Waals surface area (Å²) in [5.41, 5.74) is 1.41. The molecule has 0 N–H and O–H groups in total.